The van der Waals surface area contributed by atoms with Gasteiger partial charge in [-0.3, -0.25) is 4.79 Å². The molecule has 26 heavy (non-hydrogen) atoms. The molecule has 0 radical (unpaired) electrons. The number of benzene rings is 1. The van der Waals surface area contributed by atoms with Crippen molar-refractivity contribution in [1.82, 2.24) is 14.9 Å². The first-order valence-electron chi connectivity index (χ1n) is 8.46. The average molecular weight is 371 g/mol. The minimum atomic E-state index is -0.219. The van der Waals surface area contributed by atoms with Gasteiger partial charge < -0.3 is 15.4 Å². The van der Waals surface area contributed by atoms with Crippen molar-refractivity contribution in [3.8, 4) is 11.3 Å². The lowest BCUT2D eigenvalue weighted by Crippen LogP contribution is -2.48. The Kier molecular flexibility index (Phi) is 4.17. The number of nitrogens with two attached hydrogens (primary N) is 1. The van der Waals surface area contributed by atoms with E-state index >= 15 is 0 Å². The van der Waals surface area contributed by atoms with E-state index < -0.39 is 0 Å². The fourth-order valence-corrected chi connectivity index (χ4v) is 3.61. The third-order valence-electron chi connectivity index (χ3n) is 4.92. The van der Waals surface area contributed by atoms with E-state index in [2.05, 4.69) is 16.5 Å². The van der Waals surface area contributed by atoms with Gasteiger partial charge in [0.2, 0.25) is 11.9 Å². The molecule has 2 N–H and O–H groups in total. The van der Waals surface area contributed by atoms with Crippen molar-refractivity contribution in [2.45, 2.75) is 24.5 Å². The summed E-state index contributed by atoms with van der Waals surface area (Å²) in [5.74, 6) is 0.0987. The lowest BCUT2D eigenvalue weighted by molar-refractivity contribution is -0.143. The average Bonchev–Trinajstić information content (AvgIpc) is 3.39. The second-order valence-corrected chi connectivity index (χ2v) is 7.19. The Hall–Kier alpha value is -2.44. The number of aromatic nitrogens is 2. The summed E-state index contributed by atoms with van der Waals surface area (Å²) in [6.07, 6.45) is 4.93. The molecule has 1 amide bonds. The van der Waals surface area contributed by atoms with Gasteiger partial charge in [-0.15, -0.1) is 0 Å². The van der Waals surface area contributed by atoms with Crippen LogP contribution in [0.2, 0.25) is 5.02 Å². The minimum Gasteiger partial charge on any atom is -0.371 e. The molecule has 2 fully saturated rings. The first kappa shape index (κ1) is 17.0. The second kappa shape index (κ2) is 6.37. The standard InChI is InChI=1S/C19H19ClN4O2/c1-2-17(25)24-11-19(4-5-19)26-10-16(24)13-7-12(8-14(20)9-13)15-3-6-22-18(21)23-15/h2-3,6-9,16H,1,4-5,10-11H2,(H2,21,22,23). The number of ether oxygens (including phenoxy) is 1. The van der Waals surface area contributed by atoms with E-state index in [-0.39, 0.29) is 23.5 Å². The Morgan fingerprint density at radius 2 is 2.23 bits per heavy atom. The number of nitrogen functional groups attached to an aromatic ring is 1. The number of hydrogen-bond acceptors (Lipinski definition) is 5. The zero-order valence-electron chi connectivity index (χ0n) is 14.2. The van der Waals surface area contributed by atoms with Crippen molar-refractivity contribution in [1.29, 1.82) is 0 Å². The SMILES string of the molecule is C=CC(=O)N1CC2(CC2)OCC1c1cc(Cl)cc(-c2ccnc(N)n2)c1. The molecule has 2 aliphatic rings. The molecule has 0 bridgehead atoms. The van der Waals surface area contributed by atoms with Gasteiger partial charge in [0.1, 0.15) is 0 Å². The lowest BCUT2D eigenvalue weighted by atomic mass is 9.99. The van der Waals surface area contributed by atoms with Crippen LogP contribution in [-0.2, 0) is 9.53 Å². The number of carbonyl (C=O) groups is 1. The van der Waals surface area contributed by atoms with Crippen molar-refractivity contribution in [2.24, 2.45) is 0 Å². The molecule has 1 saturated carbocycles. The maximum atomic E-state index is 12.4. The molecule has 1 saturated heterocycles. The smallest absolute Gasteiger partial charge is 0.246 e. The topological polar surface area (TPSA) is 81.3 Å². The number of amides is 1. The van der Waals surface area contributed by atoms with Crippen LogP contribution in [0.15, 0.2) is 43.1 Å². The third-order valence-corrected chi connectivity index (χ3v) is 5.14. The van der Waals surface area contributed by atoms with Crippen LogP contribution in [0.3, 0.4) is 0 Å². The zero-order chi connectivity index (χ0) is 18.3. The summed E-state index contributed by atoms with van der Waals surface area (Å²) < 4.78 is 6.06. The van der Waals surface area contributed by atoms with Crippen LogP contribution in [-0.4, -0.2) is 39.5 Å². The first-order valence-corrected chi connectivity index (χ1v) is 8.84. The van der Waals surface area contributed by atoms with Crippen molar-refractivity contribution in [2.75, 3.05) is 18.9 Å². The Labute approximate surface area is 156 Å². The largest absolute Gasteiger partial charge is 0.371 e. The van der Waals surface area contributed by atoms with Crippen LogP contribution < -0.4 is 5.73 Å². The molecule has 1 unspecified atom stereocenters. The number of anilines is 1. The molecule has 1 aromatic heterocycles. The molecular weight excluding hydrogens is 352 g/mol. The number of morpholine rings is 1. The lowest BCUT2D eigenvalue weighted by Gasteiger charge is -2.40. The number of carbonyl (C=O) groups excluding carboxylic acids is 1. The van der Waals surface area contributed by atoms with Gasteiger partial charge in [0.25, 0.3) is 0 Å². The van der Waals surface area contributed by atoms with Gasteiger partial charge in [-0.2, -0.15) is 0 Å². The van der Waals surface area contributed by atoms with E-state index in [0.717, 1.165) is 24.0 Å². The molecule has 1 aliphatic carbocycles. The maximum absolute atomic E-state index is 12.4. The molecule has 134 valence electrons. The Balaban J connectivity index is 1.72. The van der Waals surface area contributed by atoms with Gasteiger partial charge in [0.05, 0.1) is 30.5 Å². The zero-order valence-corrected chi connectivity index (χ0v) is 14.9. The van der Waals surface area contributed by atoms with Gasteiger partial charge in [-0.1, -0.05) is 18.2 Å². The second-order valence-electron chi connectivity index (χ2n) is 6.75. The molecular formula is C19H19ClN4O2. The molecule has 6 nitrogen and oxygen atoms in total. The third kappa shape index (κ3) is 3.18. The summed E-state index contributed by atoms with van der Waals surface area (Å²) >= 11 is 6.35. The number of nitrogens with zero attached hydrogens (tertiary/aromatic N) is 3. The van der Waals surface area contributed by atoms with Crippen molar-refractivity contribution in [3.05, 3.63) is 53.7 Å². The molecule has 1 aromatic carbocycles. The van der Waals surface area contributed by atoms with Gasteiger partial charge in [-0.25, -0.2) is 9.97 Å². The van der Waals surface area contributed by atoms with Gasteiger partial charge in [-0.05, 0) is 48.7 Å². The fourth-order valence-electron chi connectivity index (χ4n) is 3.37. The van der Waals surface area contributed by atoms with Crippen LogP contribution in [0, 0.1) is 0 Å². The Morgan fingerprint density at radius 1 is 1.42 bits per heavy atom. The van der Waals surface area contributed by atoms with E-state index in [1.807, 2.05) is 23.1 Å². The summed E-state index contributed by atoms with van der Waals surface area (Å²) in [6.45, 7) is 4.65. The molecule has 4 rings (SSSR count). The van der Waals surface area contributed by atoms with Crippen molar-refractivity contribution in [3.63, 3.8) is 0 Å². The van der Waals surface area contributed by atoms with Crippen LogP contribution in [0.25, 0.3) is 11.3 Å². The summed E-state index contributed by atoms with van der Waals surface area (Å²) in [5.41, 5.74) is 7.92. The molecule has 1 spiro atoms. The summed E-state index contributed by atoms with van der Waals surface area (Å²) in [6, 6.07) is 7.20. The highest BCUT2D eigenvalue weighted by Gasteiger charge is 2.50. The molecule has 1 aliphatic heterocycles. The van der Waals surface area contributed by atoms with Crippen LogP contribution >= 0.6 is 11.6 Å². The number of hydrogen-bond donors (Lipinski definition) is 1. The maximum Gasteiger partial charge on any atom is 0.246 e. The van der Waals surface area contributed by atoms with Gasteiger partial charge >= 0.3 is 0 Å². The van der Waals surface area contributed by atoms with E-state index in [4.69, 9.17) is 22.1 Å². The highest BCUT2D eigenvalue weighted by molar-refractivity contribution is 6.31. The molecule has 7 heteroatoms. The Morgan fingerprint density at radius 3 is 2.92 bits per heavy atom. The molecule has 2 aromatic rings. The fraction of sp³-hybridized carbons (Fsp3) is 0.316. The summed E-state index contributed by atoms with van der Waals surface area (Å²) in [7, 11) is 0. The number of rotatable bonds is 3. The van der Waals surface area contributed by atoms with E-state index in [9.17, 15) is 4.79 Å². The van der Waals surface area contributed by atoms with E-state index in [0.29, 0.717) is 23.9 Å². The number of halogens is 1. The van der Waals surface area contributed by atoms with Crippen molar-refractivity contribution >= 4 is 23.5 Å². The van der Waals surface area contributed by atoms with E-state index in [1.54, 1.807) is 12.3 Å². The molecule has 2 heterocycles. The molecule has 1 atom stereocenters. The quantitative estimate of drug-likeness (QED) is 0.840. The minimum absolute atomic E-state index is 0.0996. The highest BCUT2D eigenvalue weighted by atomic mass is 35.5. The first-order chi connectivity index (χ1) is 12.5. The normalized spacial score (nSPS) is 20.8. The van der Waals surface area contributed by atoms with Crippen LogP contribution in [0.5, 0.6) is 0 Å². The van der Waals surface area contributed by atoms with Gasteiger partial charge in [0, 0.05) is 16.8 Å². The Bertz CT molecular complexity index is 882. The predicted molar refractivity (Wildman–Crippen MR) is 99.5 cm³/mol. The van der Waals surface area contributed by atoms with Gasteiger partial charge in [0.15, 0.2) is 0 Å². The highest BCUT2D eigenvalue weighted by Crippen LogP contribution is 2.46. The van der Waals surface area contributed by atoms with Crippen molar-refractivity contribution < 1.29 is 9.53 Å². The monoisotopic (exact) mass is 370 g/mol. The summed E-state index contributed by atoms with van der Waals surface area (Å²) in [4.78, 5) is 22.4. The summed E-state index contributed by atoms with van der Waals surface area (Å²) in [5, 5.41) is 0.562. The predicted octanol–water partition coefficient (Wildman–Crippen LogP) is 3.00. The van der Waals surface area contributed by atoms with Crippen LogP contribution in [0.1, 0.15) is 24.4 Å². The van der Waals surface area contributed by atoms with E-state index in [1.165, 1.54) is 6.08 Å². The van der Waals surface area contributed by atoms with Crippen LogP contribution in [0.4, 0.5) is 5.95 Å².